The molecule has 4 heteroatoms. The van der Waals surface area contributed by atoms with Crippen molar-refractivity contribution >= 4 is 5.97 Å². The largest absolute Gasteiger partial charge is 0.507 e. The summed E-state index contributed by atoms with van der Waals surface area (Å²) in [6, 6.07) is 3.21. The van der Waals surface area contributed by atoms with Gasteiger partial charge in [0.25, 0.3) is 0 Å². The Hall–Kier alpha value is -1.71. The smallest absolute Gasteiger partial charge is 0.345 e. The standard InChI is InChI=1S/C12H16O4/c1-4-15-10-7-8(3)6-9(13)11(10)12(14)16-5-2/h6-7,13H,4-5H2,1-3H3. The van der Waals surface area contributed by atoms with E-state index in [0.29, 0.717) is 12.4 Å². The maximum absolute atomic E-state index is 11.6. The number of carbonyl (C=O) groups is 1. The van der Waals surface area contributed by atoms with Crippen molar-refractivity contribution in [1.82, 2.24) is 0 Å². The Kier molecular flexibility index (Phi) is 4.17. The average Bonchev–Trinajstić information content (AvgIpc) is 2.17. The van der Waals surface area contributed by atoms with Gasteiger partial charge >= 0.3 is 5.97 Å². The van der Waals surface area contributed by atoms with Gasteiger partial charge in [0.2, 0.25) is 0 Å². The van der Waals surface area contributed by atoms with Gasteiger partial charge in [0.15, 0.2) is 0 Å². The van der Waals surface area contributed by atoms with Gasteiger partial charge in [-0.3, -0.25) is 0 Å². The molecule has 0 aromatic heterocycles. The van der Waals surface area contributed by atoms with Crippen molar-refractivity contribution in [2.45, 2.75) is 20.8 Å². The number of ether oxygens (including phenoxy) is 2. The minimum atomic E-state index is -0.566. The molecule has 1 aromatic rings. The first kappa shape index (κ1) is 12.4. The van der Waals surface area contributed by atoms with Crippen LogP contribution < -0.4 is 4.74 Å². The van der Waals surface area contributed by atoms with E-state index in [-0.39, 0.29) is 17.9 Å². The van der Waals surface area contributed by atoms with E-state index in [2.05, 4.69) is 0 Å². The van der Waals surface area contributed by atoms with Crippen molar-refractivity contribution in [3.05, 3.63) is 23.3 Å². The second-order valence-corrected chi connectivity index (χ2v) is 3.31. The van der Waals surface area contributed by atoms with Crippen molar-refractivity contribution in [1.29, 1.82) is 0 Å². The van der Waals surface area contributed by atoms with E-state index in [9.17, 15) is 9.90 Å². The molecule has 0 aliphatic rings. The summed E-state index contributed by atoms with van der Waals surface area (Å²) in [4.78, 5) is 11.6. The fourth-order valence-corrected chi connectivity index (χ4v) is 1.41. The first-order valence-electron chi connectivity index (χ1n) is 5.23. The molecule has 0 aliphatic carbocycles. The number of aromatic hydroxyl groups is 1. The van der Waals surface area contributed by atoms with Crippen LogP contribution in [0.2, 0.25) is 0 Å². The van der Waals surface area contributed by atoms with E-state index in [1.807, 2.05) is 13.8 Å². The molecule has 0 unspecified atom stereocenters. The zero-order valence-electron chi connectivity index (χ0n) is 9.74. The van der Waals surface area contributed by atoms with Gasteiger partial charge in [-0.05, 0) is 38.5 Å². The Bertz CT molecular complexity index is 385. The Morgan fingerprint density at radius 1 is 1.31 bits per heavy atom. The van der Waals surface area contributed by atoms with Crippen LogP contribution in [0.5, 0.6) is 11.5 Å². The predicted molar refractivity (Wildman–Crippen MR) is 60.0 cm³/mol. The van der Waals surface area contributed by atoms with Crippen LogP contribution in [0.15, 0.2) is 12.1 Å². The lowest BCUT2D eigenvalue weighted by molar-refractivity contribution is 0.0518. The molecule has 1 N–H and O–H groups in total. The van der Waals surface area contributed by atoms with Crippen molar-refractivity contribution < 1.29 is 19.4 Å². The van der Waals surface area contributed by atoms with Gasteiger partial charge in [0, 0.05) is 0 Å². The molecule has 0 bridgehead atoms. The lowest BCUT2D eigenvalue weighted by Crippen LogP contribution is -2.08. The van der Waals surface area contributed by atoms with Crippen molar-refractivity contribution in [3.8, 4) is 11.5 Å². The second kappa shape index (κ2) is 5.39. The van der Waals surface area contributed by atoms with Gasteiger partial charge < -0.3 is 14.6 Å². The third-order valence-electron chi connectivity index (χ3n) is 2.01. The fraction of sp³-hybridized carbons (Fsp3) is 0.417. The molecule has 0 amide bonds. The van der Waals surface area contributed by atoms with Crippen LogP contribution in [-0.2, 0) is 4.74 Å². The molecule has 88 valence electrons. The van der Waals surface area contributed by atoms with Crippen molar-refractivity contribution in [2.75, 3.05) is 13.2 Å². The molecule has 1 aromatic carbocycles. The summed E-state index contributed by atoms with van der Waals surface area (Å²) >= 11 is 0. The average molecular weight is 224 g/mol. The number of rotatable bonds is 4. The summed E-state index contributed by atoms with van der Waals surface area (Å²) in [5.74, 6) is -0.316. The van der Waals surface area contributed by atoms with Crippen molar-refractivity contribution in [2.24, 2.45) is 0 Å². The zero-order valence-corrected chi connectivity index (χ0v) is 9.74. The number of aryl methyl sites for hydroxylation is 1. The van der Waals surface area contributed by atoms with Gasteiger partial charge in [0.1, 0.15) is 17.1 Å². The summed E-state index contributed by atoms with van der Waals surface area (Å²) in [6.45, 7) is 6.03. The molecule has 1 rings (SSSR count). The van der Waals surface area contributed by atoms with Gasteiger partial charge in [-0.1, -0.05) is 0 Å². The number of hydrogen-bond donors (Lipinski definition) is 1. The summed E-state index contributed by atoms with van der Waals surface area (Å²) < 4.78 is 10.2. The van der Waals surface area contributed by atoms with E-state index in [0.717, 1.165) is 5.56 Å². The van der Waals surface area contributed by atoms with E-state index >= 15 is 0 Å². The summed E-state index contributed by atoms with van der Waals surface area (Å²) in [6.07, 6.45) is 0. The monoisotopic (exact) mass is 224 g/mol. The number of hydrogen-bond acceptors (Lipinski definition) is 4. The summed E-state index contributed by atoms with van der Waals surface area (Å²) in [5, 5.41) is 9.72. The van der Waals surface area contributed by atoms with E-state index in [4.69, 9.17) is 9.47 Å². The van der Waals surface area contributed by atoms with Gasteiger partial charge in [0.05, 0.1) is 13.2 Å². The molecule has 0 heterocycles. The molecule has 0 aliphatic heterocycles. The molecule has 0 fully saturated rings. The van der Waals surface area contributed by atoms with Crippen LogP contribution >= 0.6 is 0 Å². The van der Waals surface area contributed by atoms with E-state index < -0.39 is 5.97 Å². The Morgan fingerprint density at radius 2 is 2.00 bits per heavy atom. The summed E-state index contributed by atoms with van der Waals surface area (Å²) in [7, 11) is 0. The number of esters is 1. The normalized spacial score (nSPS) is 9.94. The minimum absolute atomic E-state index is 0.0919. The van der Waals surface area contributed by atoms with Gasteiger partial charge in [-0.15, -0.1) is 0 Å². The highest BCUT2D eigenvalue weighted by Crippen LogP contribution is 2.30. The highest BCUT2D eigenvalue weighted by atomic mass is 16.5. The molecular formula is C12H16O4. The quantitative estimate of drug-likeness (QED) is 0.797. The molecule has 16 heavy (non-hydrogen) atoms. The first-order valence-corrected chi connectivity index (χ1v) is 5.23. The zero-order chi connectivity index (χ0) is 12.1. The Labute approximate surface area is 94.8 Å². The second-order valence-electron chi connectivity index (χ2n) is 3.31. The summed E-state index contributed by atoms with van der Waals surface area (Å²) in [5.41, 5.74) is 0.920. The van der Waals surface area contributed by atoms with Crippen LogP contribution in [0, 0.1) is 6.92 Å². The Balaban J connectivity index is 3.18. The first-order chi connectivity index (χ1) is 7.60. The number of carbonyl (C=O) groups excluding carboxylic acids is 1. The van der Waals surface area contributed by atoms with Gasteiger partial charge in [-0.25, -0.2) is 4.79 Å². The third-order valence-corrected chi connectivity index (χ3v) is 2.01. The fourth-order valence-electron chi connectivity index (χ4n) is 1.41. The Morgan fingerprint density at radius 3 is 2.56 bits per heavy atom. The molecule has 0 radical (unpaired) electrons. The van der Waals surface area contributed by atoms with Crippen LogP contribution in [0.1, 0.15) is 29.8 Å². The molecule has 4 nitrogen and oxygen atoms in total. The lowest BCUT2D eigenvalue weighted by atomic mass is 10.1. The molecule has 0 atom stereocenters. The maximum Gasteiger partial charge on any atom is 0.345 e. The van der Waals surface area contributed by atoms with E-state index in [1.54, 1.807) is 13.0 Å². The van der Waals surface area contributed by atoms with Crippen LogP contribution in [0.4, 0.5) is 0 Å². The van der Waals surface area contributed by atoms with Crippen LogP contribution in [-0.4, -0.2) is 24.3 Å². The highest BCUT2D eigenvalue weighted by Gasteiger charge is 2.19. The molecule has 0 saturated carbocycles. The lowest BCUT2D eigenvalue weighted by Gasteiger charge is -2.11. The van der Waals surface area contributed by atoms with Gasteiger partial charge in [-0.2, -0.15) is 0 Å². The number of phenols is 1. The van der Waals surface area contributed by atoms with Crippen LogP contribution in [0.3, 0.4) is 0 Å². The number of benzene rings is 1. The van der Waals surface area contributed by atoms with Crippen LogP contribution in [0.25, 0.3) is 0 Å². The SMILES string of the molecule is CCOC(=O)c1c(O)cc(C)cc1OCC. The third kappa shape index (κ3) is 2.66. The minimum Gasteiger partial charge on any atom is -0.507 e. The topological polar surface area (TPSA) is 55.8 Å². The maximum atomic E-state index is 11.6. The predicted octanol–water partition coefficient (Wildman–Crippen LogP) is 2.28. The van der Waals surface area contributed by atoms with Crippen molar-refractivity contribution in [3.63, 3.8) is 0 Å². The molecular weight excluding hydrogens is 208 g/mol. The molecule has 0 saturated heterocycles. The van der Waals surface area contributed by atoms with E-state index in [1.165, 1.54) is 6.07 Å². The number of phenolic OH excluding ortho intramolecular Hbond substituents is 1. The highest BCUT2D eigenvalue weighted by molar-refractivity contribution is 5.95. The molecule has 0 spiro atoms.